The van der Waals surface area contributed by atoms with Crippen LogP contribution in [0.2, 0.25) is 0 Å². The Morgan fingerprint density at radius 1 is 1.17 bits per heavy atom. The number of amides is 2. The number of hydrogen-bond acceptors (Lipinski definition) is 9. The van der Waals surface area contributed by atoms with Gasteiger partial charge >= 0.3 is 5.97 Å². The number of nitro groups is 1. The van der Waals surface area contributed by atoms with E-state index in [-0.39, 0.29) is 28.7 Å². The molecule has 1 fully saturated rings. The number of benzene rings is 1. The first-order valence-corrected chi connectivity index (χ1v) is 11.4. The number of nitrogens with zero attached hydrogens (tertiary/aromatic N) is 3. The molecule has 0 saturated carbocycles. The summed E-state index contributed by atoms with van der Waals surface area (Å²) in [5.74, 6) is -0.580. The van der Waals surface area contributed by atoms with E-state index in [0.29, 0.717) is 17.0 Å². The molecule has 1 aromatic carbocycles. The number of esters is 1. The van der Waals surface area contributed by atoms with Gasteiger partial charge in [0, 0.05) is 17.5 Å². The van der Waals surface area contributed by atoms with Crippen LogP contribution in [0.5, 0.6) is 5.75 Å². The number of thioether (sulfide) groups is 1. The number of rotatable bonds is 7. The fourth-order valence-electron chi connectivity index (χ4n) is 3.88. The van der Waals surface area contributed by atoms with Gasteiger partial charge in [0.15, 0.2) is 0 Å². The molecule has 2 aromatic heterocycles. The molecule has 1 aliphatic heterocycles. The van der Waals surface area contributed by atoms with Gasteiger partial charge in [-0.1, -0.05) is 0 Å². The van der Waals surface area contributed by atoms with Gasteiger partial charge in [0.1, 0.15) is 11.5 Å². The Bertz CT molecular complexity index is 1430. The lowest BCUT2D eigenvalue weighted by Gasteiger charge is -2.14. The number of methoxy groups -OCH3 is 2. The third-order valence-electron chi connectivity index (χ3n) is 5.61. The van der Waals surface area contributed by atoms with E-state index in [1.54, 1.807) is 12.1 Å². The van der Waals surface area contributed by atoms with Crippen molar-refractivity contribution in [2.45, 2.75) is 20.4 Å². The van der Waals surface area contributed by atoms with Crippen LogP contribution in [-0.2, 0) is 16.1 Å². The van der Waals surface area contributed by atoms with Crippen LogP contribution in [0, 0.1) is 24.0 Å². The van der Waals surface area contributed by atoms with E-state index < -0.39 is 22.0 Å². The fourth-order valence-corrected chi connectivity index (χ4v) is 4.70. The first kappa shape index (κ1) is 24.8. The highest BCUT2D eigenvalue weighted by atomic mass is 32.2. The summed E-state index contributed by atoms with van der Waals surface area (Å²) in [7, 11) is 2.65. The van der Waals surface area contributed by atoms with E-state index >= 15 is 0 Å². The maximum atomic E-state index is 13.0. The Labute approximate surface area is 209 Å². The molecule has 0 bridgehead atoms. The zero-order valence-electron chi connectivity index (χ0n) is 19.8. The van der Waals surface area contributed by atoms with Gasteiger partial charge in [-0.2, -0.15) is 0 Å². The van der Waals surface area contributed by atoms with Gasteiger partial charge in [-0.05, 0) is 61.5 Å². The maximum absolute atomic E-state index is 13.0. The summed E-state index contributed by atoms with van der Waals surface area (Å²) in [6.07, 6.45) is 1.63. The third kappa shape index (κ3) is 4.50. The van der Waals surface area contributed by atoms with Crippen LogP contribution in [-0.4, -0.2) is 45.7 Å². The van der Waals surface area contributed by atoms with Gasteiger partial charge in [0.05, 0.1) is 42.3 Å². The quantitative estimate of drug-likeness (QED) is 0.193. The van der Waals surface area contributed by atoms with Crippen molar-refractivity contribution in [3.63, 3.8) is 0 Å². The number of furan rings is 1. The Morgan fingerprint density at radius 3 is 2.58 bits per heavy atom. The fraction of sp³-hybridized carbons (Fsp3) is 0.208. The van der Waals surface area contributed by atoms with Crippen molar-refractivity contribution < 1.29 is 33.2 Å². The van der Waals surface area contributed by atoms with E-state index in [1.807, 2.05) is 24.5 Å². The van der Waals surface area contributed by atoms with Gasteiger partial charge < -0.3 is 18.5 Å². The van der Waals surface area contributed by atoms with Crippen LogP contribution in [0.15, 0.2) is 45.7 Å². The molecule has 4 rings (SSSR count). The van der Waals surface area contributed by atoms with Crippen molar-refractivity contribution in [3.8, 4) is 11.4 Å². The van der Waals surface area contributed by atoms with Crippen LogP contribution >= 0.6 is 11.8 Å². The highest BCUT2D eigenvalue weighted by molar-refractivity contribution is 8.18. The number of non-ortho nitro benzene ring substituents is 1. The lowest BCUT2D eigenvalue weighted by atomic mass is 10.2. The summed E-state index contributed by atoms with van der Waals surface area (Å²) in [6, 6.07) is 9.10. The van der Waals surface area contributed by atoms with Crippen molar-refractivity contribution in [2.24, 2.45) is 0 Å². The third-order valence-corrected chi connectivity index (χ3v) is 6.52. The van der Waals surface area contributed by atoms with Crippen LogP contribution in [0.4, 0.5) is 10.5 Å². The molecule has 186 valence electrons. The number of aryl methyl sites for hydroxylation is 1. The minimum Gasteiger partial charge on any atom is -0.494 e. The molecule has 1 aliphatic rings. The van der Waals surface area contributed by atoms with Gasteiger partial charge in [0.25, 0.3) is 16.8 Å². The predicted molar refractivity (Wildman–Crippen MR) is 130 cm³/mol. The second kappa shape index (κ2) is 9.74. The van der Waals surface area contributed by atoms with Crippen molar-refractivity contribution >= 4 is 40.6 Å². The molecule has 3 heterocycles. The number of carbonyl (C=O) groups excluding carboxylic acids is 3. The number of imide groups is 1. The van der Waals surface area contributed by atoms with Gasteiger partial charge in [0.2, 0.25) is 5.76 Å². The summed E-state index contributed by atoms with van der Waals surface area (Å²) < 4.78 is 17.2. The molecule has 0 N–H and O–H groups in total. The second-order valence-corrected chi connectivity index (χ2v) is 8.79. The van der Waals surface area contributed by atoms with Gasteiger partial charge in [-0.3, -0.25) is 24.6 Å². The van der Waals surface area contributed by atoms with E-state index in [2.05, 4.69) is 4.74 Å². The number of ether oxygens (including phenoxy) is 2. The molecule has 0 radical (unpaired) electrons. The summed E-state index contributed by atoms with van der Waals surface area (Å²) >= 11 is 0.802. The highest BCUT2D eigenvalue weighted by Crippen LogP contribution is 2.36. The van der Waals surface area contributed by atoms with E-state index in [0.717, 1.165) is 28.0 Å². The number of aromatic nitrogens is 1. The van der Waals surface area contributed by atoms with Crippen LogP contribution < -0.4 is 4.74 Å². The Morgan fingerprint density at radius 2 is 1.92 bits per heavy atom. The maximum Gasteiger partial charge on any atom is 0.373 e. The number of nitro benzene ring substituents is 1. The van der Waals surface area contributed by atoms with E-state index in [4.69, 9.17) is 9.15 Å². The molecule has 3 aromatic rings. The normalized spacial score (nSPS) is 14.6. The molecule has 2 amide bonds. The minimum absolute atomic E-state index is 0.0240. The molecule has 11 nitrogen and oxygen atoms in total. The Kier molecular flexibility index (Phi) is 6.71. The molecule has 36 heavy (non-hydrogen) atoms. The second-order valence-electron chi connectivity index (χ2n) is 7.80. The number of hydrogen-bond donors (Lipinski definition) is 0. The topological polar surface area (TPSA) is 134 Å². The van der Waals surface area contributed by atoms with E-state index in [1.165, 1.54) is 38.5 Å². The standard InChI is InChI=1S/C24H21N3O8S/c1-13-9-15(14(2)26(13)18-7-5-16(27(31)32)11-20(18)33-3)10-21-22(28)25(24(30)36-21)12-17-6-8-19(35-17)23(29)34-4/h5-11H,12H2,1-4H3/b21-10+. The first-order chi connectivity index (χ1) is 17.1. The molecular formula is C24H21N3O8S. The molecule has 12 heteroatoms. The molecule has 0 unspecified atom stereocenters. The lowest BCUT2D eigenvalue weighted by Crippen LogP contribution is -2.27. The lowest BCUT2D eigenvalue weighted by molar-refractivity contribution is -0.384. The smallest absolute Gasteiger partial charge is 0.373 e. The summed E-state index contributed by atoms with van der Waals surface area (Å²) in [4.78, 5) is 49.0. The number of carbonyl (C=O) groups is 3. The van der Waals surface area contributed by atoms with Crippen LogP contribution in [0.1, 0.15) is 33.3 Å². The summed E-state index contributed by atoms with van der Waals surface area (Å²) in [5.41, 5.74) is 2.76. The SMILES string of the molecule is COC(=O)c1ccc(CN2C(=O)S/C(=C/c3cc(C)n(-c4ccc([N+](=O)[O-])cc4OC)c3C)C2=O)o1. The Hall–Kier alpha value is -4.32. The van der Waals surface area contributed by atoms with Crippen molar-refractivity contribution in [1.29, 1.82) is 0 Å². The first-order valence-electron chi connectivity index (χ1n) is 10.6. The average molecular weight is 512 g/mol. The largest absolute Gasteiger partial charge is 0.494 e. The van der Waals surface area contributed by atoms with Crippen molar-refractivity contribution in [1.82, 2.24) is 9.47 Å². The zero-order chi connectivity index (χ0) is 26.1. The Balaban J connectivity index is 1.62. The molecule has 0 atom stereocenters. The van der Waals surface area contributed by atoms with E-state index in [9.17, 15) is 24.5 Å². The van der Waals surface area contributed by atoms with Crippen LogP contribution in [0.3, 0.4) is 0 Å². The van der Waals surface area contributed by atoms with Gasteiger partial charge in [-0.15, -0.1) is 0 Å². The van der Waals surface area contributed by atoms with Crippen molar-refractivity contribution in [2.75, 3.05) is 14.2 Å². The molecule has 0 spiro atoms. The summed E-state index contributed by atoms with van der Waals surface area (Å²) in [5, 5.41) is 10.7. The molecule has 1 saturated heterocycles. The summed E-state index contributed by atoms with van der Waals surface area (Å²) in [6.45, 7) is 3.56. The van der Waals surface area contributed by atoms with Gasteiger partial charge in [-0.25, -0.2) is 4.79 Å². The highest BCUT2D eigenvalue weighted by Gasteiger charge is 2.36. The van der Waals surface area contributed by atoms with Crippen molar-refractivity contribution in [3.05, 3.63) is 79.9 Å². The predicted octanol–water partition coefficient (Wildman–Crippen LogP) is 4.63. The minimum atomic E-state index is -0.657. The average Bonchev–Trinajstić information content (AvgIpc) is 3.51. The van der Waals surface area contributed by atoms with Crippen LogP contribution in [0.25, 0.3) is 11.8 Å². The molecule has 0 aliphatic carbocycles. The monoisotopic (exact) mass is 511 g/mol. The molecular weight excluding hydrogens is 490 g/mol. The zero-order valence-corrected chi connectivity index (χ0v) is 20.6.